The molecule has 4 rings (SSSR count). The molecular formula is C12H14ClN5. The summed E-state index contributed by atoms with van der Waals surface area (Å²) in [6, 6.07) is 0.634. The number of hydrogen-bond acceptors (Lipinski definition) is 4. The third-order valence-electron chi connectivity index (χ3n) is 3.67. The van der Waals surface area contributed by atoms with Crippen molar-refractivity contribution >= 4 is 28.5 Å². The van der Waals surface area contributed by atoms with Crippen molar-refractivity contribution in [3.63, 3.8) is 0 Å². The van der Waals surface area contributed by atoms with Crippen LogP contribution in [-0.2, 0) is 0 Å². The summed E-state index contributed by atoms with van der Waals surface area (Å²) in [5.41, 5.74) is 0.728. The quantitative estimate of drug-likeness (QED) is 0.861. The highest BCUT2D eigenvalue weighted by Gasteiger charge is 2.35. The van der Waals surface area contributed by atoms with Gasteiger partial charge in [0.25, 0.3) is 0 Å². The summed E-state index contributed by atoms with van der Waals surface area (Å²) in [4.78, 5) is 11.0. The van der Waals surface area contributed by atoms with E-state index in [1.807, 2.05) is 0 Å². The van der Waals surface area contributed by atoms with Crippen LogP contribution < -0.4 is 4.90 Å². The van der Waals surface area contributed by atoms with Gasteiger partial charge in [-0.3, -0.25) is 5.10 Å². The van der Waals surface area contributed by atoms with Crippen LogP contribution in [0.25, 0.3) is 11.0 Å². The number of fused-ring (bicyclic) bond motifs is 1. The second-order valence-electron chi connectivity index (χ2n) is 5.28. The number of H-pyrrole nitrogens is 1. The van der Waals surface area contributed by atoms with Crippen LogP contribution in [-0.4, -0.2) is 32.8 Å². The third-order valence-corrected chi connectivity index (χ3v) is 3.84. The summed E-state index contributed by atoms with van der Waals surface area (Å²) in [5, 5.41) is 8.19. The normalized spacial score (nSPS) is 19.4. The fraction of sp³-hybridized carbons (Fsp3) is 0.583. The van der Waals surface area contributed by atoms with Crippen LogP contribution in [0.3, 0.4) is 0 Å². The molecule has 0 unspecified atom stereocenters. The van der Waals surface area contributed by atoms with E-state index in [1.54, 1.807) is 6.20 Å². The SMILES string of the molecule is Clc1nc(N(CC2CC2)C2CC2)c2cn[nH]c2n1. The van der Waals surface area contributed by atoms with Crippen molar-refractivity contribution in [2.45, 2.75) is 31.7 Å². The molecule has 5 nitrogen and oxygen atoms in total. The molecule has 2 aromatic heterocycles. The van der Waals surface area contributed by atoms with Crippen molar-refractivity contribution in [1.82, 2.24) is 20.2 Å². The van der Waals surface area contributed by atoms with Gasteiger partial charge in [0.2, 0.25) is 5.28 Å². The summed E-state index contributed by atoms with van der Waals surface area (Å²) in [6.45, 7) is 1.10. The minimum absolute atomic E-state index is 0.295. The lowest BCUT2D eigenvalue weighted by atomic mass is 10.3. The number of nitrogens with zero attached hydrogens (tertiary/aromatic N) is 4. The van der Waals surface area contributed by atoms with E-state index in [0.29, 0.717) is 11.3 Å². The average molecular weight is 264 g/mol. The molecule has 0 aromatic carbocycles. The Hall–Kier alpha value is -1.36. The molecule has 18 heavy (non-hydrogen) atoms. The fourth-order valence-corrected chi connectivity index (χ4v) is 2.55. The first-order valence-corrected chi connectivity index (χ1v) is 6.82. The van der Waals surface area contributed by atoms with Gasteiger partial charge in [-0.05, 0) is 43.2 Å². The summed E-state index contributed by atoms with van der Waals surface area (Å²) in [6.07, 6.45) is 7.00. The Morgan fingerprint density at radius 3 is 2.83 bits per heavy atom. The van der Waals surface area contributed by atoms with Crippen LogP contribution in [0.15, 0.2) is 6.20 Å². The molecule has 0 bridgehead atoms. The highest BCUT2D eigenvalue weighted by atomic mass is 35.5. The molecule has 2 aliphatic carbocycles. The number of aromatic amines is 1. The Balaban J connectivity index is 1.79. The fourth-order valence-electron chi connectivity index (χ4n) is 2.39. The van der Waals surface area contributed by atoms with E-state index in [1.165, 1.54) is 25.7 Å². The zero-order valence-electron chi connectivity index (χ0n) is 9.93. The Morgan fingerprint density at radius 1 is 1.28 bits per heavy atom. The van der Waals surface area contributed by atoms with Gasteiger partial charge in [0.05, 0.1) is 11.6 Å². The first-order valence-electron chi connectivity index (χ1n) is 6.44. The predicted octanol–water partition coefficient (Wildman–Crippen LogP) is 2.39. The molecule has 0 radical (unpaired) electrons. The molecule has 1 N–H and O–H groups in total. The number of halogens is 1. The van der Waals surface area contributed by atoms with E-state index in [2.05, 4.69) is 25.1 Å². The van der Waals surface area contributed by atoms with Crippen LogP contribution in [0.2, 0.25) is 5.28 Å². The maximum atomic E-state index is 6.01. The minimum Gasteiger partial charge on any atom is -0.353 e. The van der Waals surface area contributed by atoms with Crippen LogP contribution >= 0.6 is 11.6 Å². The highest BCUT2D eigenvalue weighted by molar-refractivity contribution is 6.28. The maximum absolute atomic E-state index is 6.01. The Labute approximate surface area is 110 Å². The average Bonchev–Trinajstić information content (AvgIpc) is 3.24. The van der Waals surface area contributed by atoms with E-state index >= 15 is 0 Å². The number of anilines is 1. The lowest BCUT2D eigenvalue weighted by molar-refractivity contribution is 0.711. The lowest BCUT2D eigenvalue weighted by Crippen LogP contribution is -2.29. The molecule has 2 saturated carbocycles. The van der Waals surface area contributed by atoms with Gasteiger partial charge in [0.1, 0.15) is 5.82 Å². The van der Waals surface area contributed by atoms with Crippen LogP contribution in [0.4, 0.5) is 5.82 Å². The van der Waals surface area contributed by atoms with Gasteiger partial charge in [0, 0.05) is 12.6 Å². The molecule has 0 atom stereocenters. The molecule has 2 fully saturated rings. The van der Waals surface area contributed by atoms with Crippen molar-refractivity contribution in [3.8, 4) is 0 Å². The number of hydrogen-bond donors (Lipinski definition) is 1. The van der Waals surface area contributed by atoms with E-state index in [9.17, 15) is 0 Å². The van der Waals surface area contributed by atoms with Crippen LogP contribution in [0, 0.1) is 5.92 Å². The second-order valence-corrected chi connectivity index (χ2v) is 5.61. The lowest BCUT2D eigenvalue weighted by Gasteiger charge is -2.23. The molecule has 0 amide bonds. The van der Waals surface area contributed by atoms with Gasteiger partial charge >= 0.3 is 0 Å². The first kappa shape index (κ1) is 10.6. The summed E-state index contributed by atoms with van der Waals surface area (Å²) < 4.78 is 0. The first-order chi connectivity index (χ1) is 8.81. The molecule has 0 spiro atoms. The van der Waals surface area contributed by atoms with Gasteiger partial charge < -0.3 is 4.90 Å². The number of nitrogens with one attached hydrogen (secondary N) is 1. The molecular weight excluding hydrogens is 250 g/mol. The standard InChI is InChI=1S/C12H14ClN5/c13-12-15-10-9(5-14-17-10)11(16-12)18(8-3-4-8)6-7-1-2-7/h5,7-8H,1-4,6H2,(H,14,15,16,17). The molecule has 0 aliphatic heterocycles. The van der Waals surface area contributed by atoms with Gasteiger partial charge in [-0.15, -0.1) is 0 Å². The minimum atomic E-state index is 0.295. The zero-order valence-corrected chi connectivity index (χ0v) is 10.7. The highest BCUT2D eigenvalue weighted by Crippen LogP contribution is 2.39. The third kappa shape index (κ3) is 1.82. The summed E-state index contributed by atoms with van der Waals surface area (Å²) >= 11 is 6.01. The molecule has 0 saturated heterocycles. The topological polar surface area (TPSA) is 57.7 Å². The molecule has 2 heterocycles. The van der Waals surface area contributed by atoms with Crippen molar-refractivity contribution in [2.75, 3.05) is 11.4 Å². The van der Waals surface area contributed by atoms with Gasteiger partial charge in [-0.25, -0.2) is 0 Å². The number of aromatic nitrogens is 4. The Kier molecular flexibility index (Phi) is 2.24. The van der Waals surface area contributed by atoms with Crippen molar-refractivity contribution in [1.29, 1.82) is 0 Å². The maximum Gasteiger partial charge on any atom is 0.226 e. The molecule has 2 aromatic rings. The van der Waals surface area contributed by atoms with Crippen molar-refractivity contribution < 1.29 is 0 Å². The summed E-state index contributed by atoms with van der Waals surface area (Å²) in [7, 11) is 0. The zero-order chi connectivity index (χ0) is 12.1. The predicted molar refractivity (Wildman–Crippen MR) is 69.8 cm³/mol. The molecule has 6 heteroatoms. The van der Waals surface area contributed by atoms with E-state index in [-0.39, 0.29) is 0 Å². The van der Waals surface area contributed by atoms with Gasteiger partial charge in [-0.2, -0.15) is 15.1 Å². The number of rotatable bonds is 4. The summed E-state index contributed by atoms with van der Waals surface area (Å²) in [5.74, 6) is 1.79. The monoisotopic (exact) mass is 263 g/mol. The van der Waals surface area contributed by atoms with E-state index in [0.717, 1.165) is 29.3 Å². The Bertz CT molecular complexity index is 587. The van der Waals surface area contributed by atoms with E-state index in [4.69, 9.17) is 11.6 Å². The van der Waals surface area contributed by atoms with Crippen LogP contribution in [0.5, 0.6) is 0 Å². The van der Waals surface area contributed by atoms with Gasteiger partial charge in [0.15, 0.2) is 5.65 Å². The largest absolute Gasteiger partial charge is 0.353 e. The van der Waals surface area contributed by atoms with Crippen molar-refractivity contribution in [2.24, 2.45) is 5.92 Å². The molecule has 2 aliphatic rings. The van der Waals surface area contributed by atoms with Crippen LogP contribution in [0.1, 0.15) is 25.7 Å². The van der Waals surface area contributed by atoms with E-state index < -0.39 is 0 Å². The van der Waals surface area contributed by atoms with Gasteiger partial charge in [-0.1, -0.05) is 0 Å². The molecule has 94 valence electrons. The second kappa shape index (κ2) is 3.82. The van der Waals surface area contributed by atoms with Crippen molar-refractivity contribution in [3.05, 3.63) is 11.5 Å². The smallest absolute Gasteiger partial charge is 0.226 e. The Morgan fingerprint density at radius 2 is 2.11 bits per heavy atom.